The Labute approximate surface area is 229 Å². The molecule has 0 bridgehead atoms. The summed E-state index contributed by atoms with van der Waals surface area (Å²) < 4.78 is 39.0. The van der Waals surface area contributed by atoms with Crippen molar-refractivity contribution in [3.63, 3.8) is 0 Å². The predicted octanol–water partition coefficient (Wildman–Crippen LogP) is 6.47. The van der Waals surface area contributed by atoms with Gasteiger partial charge in [0.1, 0.15) is 5.82 Å². The summed E-state index contributed by atoms with van der Waals surface area (Å²) >= 11 is 0. The van der Waals surface area contributed by atoms with E-state index in [9.17, 15) is 13.2 Å². The Morgan fingerprint density at radius 1 is 0.897 bits per heavy atom. The van der Waals surface area contributed by atoms with Gasteiger partial charge in [0, 0.05) is 49.6 Å². The number of nitrogens with one attached hydrogen (secondary N) is 3. The average Bonchev–Trinajstić information content (AvgIpc) is 2.94. The maximum absolute atomic E-state index is 13.0. The molecule has 1 saturated carbocycles. The molecular formula is C31H38F3N5. The van der Waals surface area contributed by atoms with Crippen molar-refractivity contribution >= 4 is 11.5 Å². The van der Waals surface area contributed by atoms with Gasteiger partial charge in [-0.25, -0.2) is 4.98 Å². The standard InChI is InChI=1S/C31H38F3N5/c1-35-20-22-6-4-7-23(18-22)24-15-16-36-30(19-24)38-29-10-3-2-9-28(29)37-26-8-5-17-39(21-26)27-13-11-25(12-14-27)31(32,33)34/h4,6-7,11-16,18-19,26,28-29,35,37H,2-3,5,8-10,17,20-21H2,1H3,(H,36,38)/t26-,28+,29+/m0/s1. The van der Waals surface area contributed by atoms with E-state index >= 15 is 0 Å². The second-order valence-electron chi connectivity index (χ2n) is 10.8. The van der Waals surface area contributed by atoms with Crippen LogP contribution in [0.1, 0.15) is 49.7 Å². The van der Waals surface area contributed by atoms with Crippen LogP contribution in [0.2, 0.25) is 0 Å². The van der Waals surface area contributed by atoms with Crippen molar-refractivity contribution in [3.05, 3.63) is 78.0 Å². The van der Waals surface area contributed by atoms with E-state index in [4.69, 9.17) is 0 Å². The number of hydrogen-bond donors (Lipinski definition) is 3. The molecule has 8 heteroatoms. The zero-order chi connectivity index (χ0) is 27.2. The minimum Gasteiger partial charge on any atom is -0.370 e. The fourth-order valence-electron chi connectivity index (χ4n) is 5.96. The minimum atomic E-state index is -4.31. The highest BCUT2D eigenvalue weighted by Gasteiger charge is 2.32. The Morgan fingerprint density at radius 2 is 1.67 bits per heavy atom. The molecule has 2 aromatic carbocycles. The highest BCUT2D eigenvalue weighted by molar-refractivity contribution is 5.67. The molecular weight excluding hydrogens is 499 g/mol. The van der Waals surface area contributed by atoms with E-state index in [0.29, 0.717) is 12.1 Å². The first-order valence-corrected chi connectivity index (χ1v) is 14.0. The lowest BCUT2D eigenvalue weighted by molar-refractivity contribution is -0.137. The first kappa shape index (κ1) is 27.5. The van der Waals surface area contributed by atoms with Crippen LogP contribution in [0.15, 0.2) is 66.9 Å². The fraction of sp³-hybridized carbons (Fsp3) is 0.452. The molecule has 3 N–H and O–H groups in total. The van der Waals surface area contributed by atoms with Crippen molar-refractivity contribution in [2.24, 2.45) is 0 Å². The van der Waals surface area contributed by atoms with E-state index in [1.54, 1.807) is 12.1 Å². The highest BCUT2D eigenvalue weighted by atomic mass is 19.4. The van der Waals surface area contributed by atoms with Crippen LogP contribution in [0.4, 0.5) is 24.7 Å². The smallest absolute Gasteiger partial charge is 0.370 e. The third-order valence-corrected chi connectivity index (χ3v) is 7.93. The first-order chi connectivity index (χ1) is 18.9. The number of benzene rings is 2. The Morgan fingerprint density at radius 3 is 2.44 bits per heavy atom. The van der Waals surface area contributed by atoms with Crippen LogP contribution in [0.25, 0.3) is 11.1 Å². The molecule has 2 heterocycles. The largest absolute Gasteiger partial charge is 0.416 e. The topological polar surface area (TPSA) is 52.2 Å². The highest BCUT2D eigenvalue weighted by Crippen LogP contribution is 2.32. The van der Waals surface area contributed by atoms with E-state index in [1.165, 1.54) is 36.1 Å². The molecule has 1 aromatic heterocycles. The quantitative estimate of drug-likeness (QED) is 0.308. The monoisotopic (exact) mass is 537 g/mol. The molecule has 1 aliphatic carbocycles. The number of aromatic nitrogens is 1. The number of halogens is 3. The van der Waals surface area contributed by atoms with Gasteiger partial charge in [-0.2, -0.15) is 13.2 Å². The summed E-state index contributed by atoms with van der Waals surface area (Å²) in [6.07, 6.45) is 4.20. The van der Waals surface area contributed by atoms with Crippen LogP contribution in [-0.2, 0) is 12.7 Å². The van der Waals surface area contributed by atoms with E-state index in [2.05, 4.69) is 62.2 Å². The summed E-state index contributed by atoms with van der Waals surface area (Å²) in [6.45, 7) is 2.49. The molecule has 1 saturated heterocycles. The van der Waals surface area contributed by atoms with Gasteiger partial charge in [-0.05, 0) is 91.9 Å². The maximum Gasteiger partial charge on any atom is 0.416 e. The van der Waals surface area contributed by atoms with E-state index in [-0.39, 0.29) is 6.04 Å². The minimum absolute atomic E-state index is 0.276. The van der Waals surface area contributed by atoms with Gasteiger partial charge in [-0.3, -0.25) is 0 Å². The molecule has 2 aliphatic rings. The van der Waals surface area contributed by atoms with Crippen molar-refractivity contribution in [3.8, 4) is 11.1 Å². The number of nitrogens with zero attached hydrogens (tertiary/aromatic N) is 2. The van der Waals surface area contributed by atoms with E-state index < -0.39 is 11.7 Å². The molecule has 0 unspecified atom stereocenters. The number of alkyl halides is 3. The van der Waals surface area contributed by atoms with Gasteiger partial charge in [0.2, 0.25) is 0 Å². The Bertz CT molecular complexity index is 1210. The zero-order valence-electron chi connectivity index (χ0n) is 22.5. The fourth-order valence-corrected chi connectivity index (χ4v) is 5.96. The van der Waals surface area contributed by atoms with Crippen LogP contribution in [0.5, 0.6) is 0 Å². The molecule has 3 atom stereocenters. The Hall–Kier alpha value is -3.10. The van der Waals surface area contributed by atoms with Gasteiger partial charge >= 0.3 is 6.18 Å². The summed E-state index contributed by atoms with van der Waals surface area (Å²) in [6, 6.07) is 19.2. The summed E-state index contributed by atoms with van der Waals surface area (Å²) in [5.74, 6) is 0.889. The van der Waals surface area contributed by atoms with E-state index in [0.717, 1.165) is 62.4 Å². The zero-order valence-corrected chi connectivity index (χ0v) is 22.5. The first-order valence-electron chi connectivity index (χ1n) is 14.0. The molecule has 208 valence electrons. The lowest BCUT2D eigenvalue weighted by Crippen LogP contribution is -2.55. The van der Waals surface area contributed by atoms with Crippen molar-refractivity contribution in [1.82, 2.24) is 15.6 Å². The Kier molecular flexibility index (Phi) is 8.72. The van der Waals surface area contributed by atoms with Gasteiger partial charge < -0.3 is 20.9 Å². The molecule has 1 aliphatic heterocycles. The SMILES string of the molecule is CNCc1cccc(-c2ccnc(N[C@@H]3CCCC[C@H]3N[C@H]3CCCN(c4ccc(C(F)(F)F)cc4)C3)c2)c1. The number of hydrogen-bond acceptors (Lipinski definition) is 5. The molecule has 2 fully saturated rings. The van der Waals surface area contributed by atoms with Gasteiger partial charge in [-0.15, -0.1) is 0 Å². The molecule has 0 spiro atoms. The van der Waals surface area contributed by atoms with Crippen LogP contribution in [-0.4, -0.2) is 43.2 Å². The lowest BCUT2D eigenvalue weighted by Gasteiger charge is -2.40. The van der Waals surface area contributed by atoms with Gasteiger partial charge in [0.25, 0.3) is 0 Å². The van der Waals surface area contributed by atoms with E-state index in [1.807, 2.05) is 13.2 Å². The normalized spacial score (nSPS) is 22.1. The van der Waals surface area contributed by atoms with Gasteiger partial charge in [0.05, 0.1) is 5.56 Å². The third-order valence-electron chi connectivity index (χ3n) is 7.93. The van der Waals surface area contributed by atoms with Crippen molar-refractivity contribution in [2.45, 2.75) is 69.4 Å². The molecule has 0 radical (unpaired) electrons. The second-order valence-corrected chi connectivity index (χ2v) is 10.8. The van der Waals surface area contributed by atoms with Gasteiger partial charge in [-0.1, -0.05) is 31.0 Å². The Balaban J connectivity index is 1.23. The number of anilines is 2. The average molecular weight is 538 g/mol. The van der Waals surface area contributed by atoms with Crippen LogP contribution >= 0.6 is 0 Å². The van der Waals surface area contributed by atoms with Crippen LogP contribution < -0.4 is 20.9 Å². The molecule has 0 amide bonds. The molecule has 5 nitrogen and oxygen atoms in total. The molecule has 5 rings (SSSR count). The number of piperidine rings is 1. The van der Waals surface area contributed by atoms with Crippen molar-refractivity contribution in [2.75, 3.05) is 30.4 Å². The van der Waals surface area contributed by atoms with Crippen molar-refractivity contribution < 1.29 is 13.2 Å². The van der Waals surface area contributed by atoms with Gasteiger partial charge in [0.15, 0.2) is 0 Å². The number of rotatable bonds is 8. The second kappa shape index (κ2) is 12.4. The predicted molar refractivity (Wildman–Crippen MR) is 152 cm³/mol. The molecule has 39 heavy (non-hydrogen) atoms. The van der Waals surface area contributed by atoms with Crippen LogP contribution in [0.3, 0.4) is 0 Å². The van der Waals surface area contributed by atoms with Crippen molar-refractivity contribution in [1.29, 1.82) is 0 Å². The summed E-state index contributed by atoms with van der Waals surface area (Å²) in [4.78, 5) is 6.84. The summed E-state index contributed by atoms with van der Waals surface area (Å²) in [5, 5.41) is 10.9. The lowest BCUT2D eigenvalue weighted by atomic mass is 9.89. The van der Waals surface area contributed by atoms with Crippen LogP contribution in [0, 0.1) is 0 Å². The summed E-state index contributed by atoms with van der Waals surface area (Å²) in [5.41, 5.74) is 3.82. The summed E-state index contributed by atoms with van der Waals surface area (Å²) in [7, 11) is 1.95. The third kappa shape index (κ3) is 7.11. The maximum atomic E-state index is 13.0. The molecule has 3 aromatic rings. The number of pyridine rings is 1.